The average Bonchev–Trinajstić information content (AvgIpc) is 1.65. The molecule has 0 aliphatic carbocycles. The maximum absolute atomic E-state index is 12.0. The van der Waals surface area contributed by atoms with E-state index in [-0.39, 0.29) is 0 Å². The van der Waals surface area contributed by atoms with Crippen molar-refractivity contribution < 1.29 is 8.78 Å². The van der Waals surface area contributed by atoms with Gasteiger partial charge < -0.3 is 0 Å². The topological polar surface area (TPSA) is 12.0 Å². The Hall–Kier alpha value is -0.440. The molecular formula is C5H9F2N. The number of halogens is 2. The van der Waals surface area contributed by atoms with Crippen molar-refractivity contribution in [3.05, 3.63) is 11.9 Å². The van der Waals surface area contributed by atoms with Crippen molar-refractivity contribution in [2.75, 3.05) is 7.05 Å². The number of hydrogen-bond donors (Lipinski definition) is 1. The Morgan fingerprint density at radius 3 is 2.38 bits per heavy atom. The molecule has 1 nitrogen and oxygen atoms in total. The van der Waals surface area contributed by atoms with E-state index in [1.807, 2.05) is 0 Å². The smallest absolute Gasteiger partial charge is 0.172 e. The minimum atomic E-state index is -1.36. The molecular weight excluding hydrogens is 112 g/mol. The van der Waals surface area contributed by atoms with Gasteiger partial charge in [-0.2, -0.15) is 0 Å². The summed E-state index contributed by atoms with van der Waals surface area (Å²) in [6, 6.07) is 0. The van der Waals surface area contributed by atoms with E-state index in [0.29, 0.717) is 0 Å². The first kappa shape index (κ1) is 7.56. The molecule has 0 rings (SSSR count). The highest BCUT2D eigenvalue weighted by atomic mass is 19.1. The molecule has 48 valence electrons. The van der Waals surface area contributed by atoms with Gasteiger partial charge in [0, 0.05) is 0 Å². The van der Waals surface area contributed by atoms with Gasteiger partial charge in [-0.25, -0.2) is 8.78 Å². The van der Waals surface area contributed by atoms with Gasteiger partial charge >= 0.3 is 0 Å². The Morgan fingerprint density at radius 2 is 2.25 bits per heavy atom. The van der Waals surface area contributed by atoms with E-state index >= 15 is 0 Å². The van der Waals surface area contributed by atoms with Gasteiger partial charge in [0.05, 0.1) is 5.83 Å². The molecule has 1 unspecified atom stereocenters. The SMILES string of the molecule is CNC(F)/C=C(\C)F. The molecule has 0 aromatic heterocycles. The summed E-state index contributed by atoms with van der Waals surface area (Å²) in [7, 11) is 1.42. The molecule has 0 saturated heterocycles. The Morgan fingerprint density at radius 1 is 1.75 bits per heavy atom. The summed E-state index contributed by atoms with van der Waals surface area (Å²) in [6.07, 6.45) is -0.500. The third-order valence-electron chi connectivity index (χ3n) is 0.652. The zero-order chi connectivity index (χ0) is 6.57. The van der Waals surface area contributed by atoms with E-state index < -0.39 is 12.1 Å². The van der Waals surface area contributed by atoms with Gasteiger partial charge in [0.15, 0.2) is 6.30 Å². The summed E-state index contributed by atoms with van der Waals surface area (Å²) >= 11 is 0. The Labute approximate surface area is 47.4 Å². The molecule has 0 aliphatic rings. The molecule has 8 heavy (non-hydrogen) atoms. The molecule has 0 aromatic rings. The summed E-state index contributed by atoms with van der Waals surface area (Å²) in [5, 5.41) is 2.21. The lowest BCUT2D eigenvalue weighted by Gasteiger charge is -1.96. The Balaban J connectivity index is 3.51. The fraction of sp³-hybridized carbons (Fsp3) is 0.600. The predicted molar refractivity (Wildman–Crippen MR) is 28.8 cm³/mol. The first-order chi connectivity index (χ1) is 3.66. The maximum Gasteiger partial charge on any atom is 0.172 e. The van der Waals surface area contributed by atoms with Gasteiger partial charge in [-0.15, -0.1) is 0 Å². The van der Waals surface area contributed by atoms with Crippen LogP contribution in [0, 0.1) is 0 Å². The lowest BCUT2D eigenvalue weighted by Crippen LogP contribution is -2.16. The van der Waals surface area contributed by atoms with Crippen LogP contribution in [0.25, 0.3) is 0 Å². The van der Waals surface area contributed by atoms with Crippen molar-refractivity contribution in [3.63, 3.8) is 0 Å². The third kappa shape index (κ3) is 3.74. The first-order valence-electron chi connectivity index (χ1n) is 2.32. The summed E-state index contributed by atoms with van der Waals surface area (Å²) in [5.41, 5.74) is 0. The second kappa shape index (κ2) is 3.55. The van der Waals surface area contributed by atoms with Crippen molar-refractivity contribution in [3.8, 4) is 0 Å². The maximum atomic E-state index is 12.0. The van der Waals surface area contributed by atoms with Crippen molar-refractivity contribution in [1.29, 1.82) is 0 Å². The van der Waals surface area contributed by atoms with Crippen molar-refractivity contribution in [2.45, 2.75) is 13.2 Å². The Kier molecular flexibility index (Phi) is 3.35. The quantitative estimate of drug-likeness (QED) is 0.544. The molecule has 0 saturated carbocycles. The molecule has 0 heterocycles. The highest BCUT2D eigenvalue weighted by Crippen LogP contribution is 1.96. The van der Waals surface area contributed by atoms with E-state index in [1.165, 1.54) is 14.0 Å². The van der Waals surface area contributed by atoms with Crippen LogP contribution in [0.1, 0.15) is 6.92 Å². The van der Waals surface area contributed by atoms with Gasteiger partial charge in [-0.05, 0) is 20.0 Å². The fourth-order valence-corrected chi connectivity index (χ4v) is 0.285. The van der Waals surface area contributed by atoms with E-state index in [0.717, 1.165) is 6.08 Å². The van der Waals surface area contributed by atoms with Crippen LogP contribution in [-0.2, 0) is 0 Å². The van der Waals surface area contributed by atoms with Crippen molar-refractivity contribution in [1.82, 2.24) is 5.32 Å². The number of likely N-dealkylation sites (N-methyl/N-ethyl adjacent to an activating group) is 1. The number of nitrogens with one attached hydrogen (secondary N) is 1. The summed E-state index contributed by atoms with van der Waals surface area (Å²) in [5.74, 6) is -0.508. The molecule has 0 fully saturated rings. The average molecular weight is 121 g/mol. The number of allylic oxidation sites excluding steroid dienone is 1. The van der Waals surface area contributed by atoms with Gasteiger partial charge in [0.25, 0.3) is 0 Å². The standard InChI is InChI=1S/C5H9F2N/c1-4(6)3-5(7)8-2/h3,5,8H,1-2H3/b4-3+. The first-order valence-corrected chi connectivity index (χ1v) is 2.32. The molecule has 0 amide bonds. The molecule has 0 aliphatic heterocycles. The minimum absolute atomic E-state index is 0.508. The molecule has 3 heteroatoms. The molecule has 0 radical (unpaired) electrons. The van der Waals surface area contributed by atoms with Crippen LogP contribution in [0.5, 0.6) is 0 Å². The second-order valence-corrected chi connectivity index (χ2v) is 1.44. The van der Waals surface area contributed by atoms with Crippen molar-refractivity contribution in [2.24, 2.45) is 0 Å². The van der Waals surface area contributed by atoms with Gasteiger partial charge in [0.2, 0.25) is 0 Å². The van der Waals surface area contributed by atoms with Gasteiger partial charge in [-0.1, -0.05) is 0 Å². The summed E-state index contributed by atoms with van der Waals surface area (Å²) in [4.78, 5) is 0. The predicted octanol–water partition coefficient (Wildman–Crippen LogP) is 1.37. The number of rotatable bonds is 2. The highest BCUT2D eigenvalue weighted by Gasteiger charge is 1.95. The van der Waals surface area contributed by atoms with Gasteiger partial charge in [-0.3, -0.25) is 5.32 Å². The zero-order valence-electron chi connectivity index (χ0n) is 4.91. The second-order valence-electron chi connectivity index (χ2n) is 1.44. The van der Waals surface area contributed by atoms with Crippen LogP contribution < -0.4 is 5.32 Å². The normalized spacial score (nSPS) is 16.2. The van der Waals surface area contributed by atoms with E-state index in [1.54, 1.807) is 0 Å². The van der Waals surface area contributed by atoms with Gasteiger partial charge in [0.1, 0.15) is 0 Å². The molecule has 1 atom stereocenters. The minimum Gasteiger partial charge on any atom is -0.287 e. The van der Waals surface area contributed by atoms with E-state index in [9.17, 15) is 8.78 Å². The fourth-order valence-electron chi connectivity index (χ4n) is 0.285. The Bertz CT molecular complexity index is 86.4. The van der Waals surface area contributed by atoms with E-state index in [2.05, 4.69) is 5.32 Å². The van der Waals surface area contributed by atoms with E-state index in [4.69, 9.17) is 0 Å². The van der Waals surface area contributed by atoms with Crippen LogP contribution in [-0.4, -0.2) is 13.3 Å². The third-order valence-corrected chi connectivity index (χ3v) is 0.652. The number of alkyl halides is 1. The summed E-state index contributed by atoms with van der Waals surface area (Å²) in [6.45, 7) is 1.20. The molecule has 1 N–H and O–H groups in total. The zero-order valence-corrected chi connectivity index (χ0v) is 4.91. The lowest BCUT2D eigenvalue weighted by molar-refractivity contribution is 0.349. The van der Waals surface area contributed by atoms with Crippen LogP contribution in [0.4, 0.5) is 8.78 Å². The number of hydrogen-bond acceptors (Lipinski definition) is 1. The molecule has 0 aromatic carbocycles. The van der Waals surface area contributed by atoms with Crippen LogP contribution in [0.15, 0.2) is 11.9 Å². The largest absolute Gasteiger partial charge is 0.287 e. The summed E-state index contributed by atoms with van der Waals surface area (Å²) < 4.78 is 23.7. The van der Waals surface area contributed by atoms with Crippen LogP contribution >= 0.6 is 0 Å². The van der Waals surface area contributed by atoms with Crippen LogP contribution in [0.2, 0.25) is 0 Å². The molecule has 0 spiro atoms. The van der Waals surface area contributed by atoms with Crippen molar-refractivity contribution >= 4 is 0 Å². The lowest BCUT2D eigenvalue weighted by atomic mass is 10.5. The molecule has 0 bridgehead atoms. The monoisotopic (exact) mass is 121 g/mol. The van der Waals surface area contributed by atoms with Crippen LogP contribution in [0.3, 0.4) is 0 Å². The highest BCUT2D eigenvalue weighted by molar-refractivity contribution is 4.90.